The van der Waals surface area contributed by atoms with Crippen molar-refractivity contribution in [2.75, 3.05) is 32.8 Å². The Labute approximate surface area is 150 Å². The lowest BCUT2D eigenvalue weighted by Gasteiger charge is -2.39. The van der Waals surface area contributed by atoms with E-state index in [1.165, 1.54) is 31.4 Å². The summed E-state index contributed by atoms with van der Waals surface area (Å²) < 4.78 is 5.46. The number of nitrogens with two attached hydrogens (primary N) is 1. The van der Waals surface area contributed by atoms with E-state index in [9.17, 15) is 4.79 Å². The number of primary amides is 1. The number of benzene rings is 1. The largest absolute Gasteiger partial charge is 0.381 e. The predicted octanol–water partition coefficient (Wildman–Crippen LogP) is 2.72. The van der Waals surface area contributed by atoms with E-state index >= 15 is 0 Å². The molecular formula is C21H28N2O2. The molecule has 2 fully saturated rings. The minimum absolute atomic E-state index is 0.0101. The molecule has 0 unspecified atom stereocenters. The Morgan fingerprint density at radius 1 is 1.20 bits per heavy atom. The van der Waals surface area contributed by atoms with Crippen LogP contribution in [0.2, 0.25) is 0 Å². The standard InChI is InChI=1S/C21H28N2O2/c22-20(24)18-15-21(19-4-2-1-3-17(18)19)8-11-23(12-9-21)10-5-16-6-13-25-14-7-16/h1-4,15-16H,5-14H2,(H2,22,24). The van der Waals surface area contributed by atoms with Gasteiger partial charge in [0.2, 0.25) is 5.91 Å². The maximum atomic E-state index is 11.9. The van der Waals surface area contributed by atoms with Crippen LogP contribution in [-0.4, -0.2) is 43.7 Å². The molecule has 0 atom stereocenters. The summed E-state index contributed by atoms with van der Waals surface area (Å²) in [6.07, 6.45) is 8.04. The van der Waals surface area contributed by atoms with Gasteiger partial charge in [-0.2, -0.15) is 0 Å². The lowest BCUT2D eigenvalue weighted by Crippen LogP contribution is -2.41. The molecule has 2 heterocycles. The van der Waals surface area contributed by atoms with Gasteiger partial charge in [0.25, 0.3) is 0 Å². The highest BCUT2D eigenvalue weighted by Gasteiger charge is 2.41. The highest BCUT2D eigenvalue weighted by molar-refractivity contribution is 6.20. The highest BCUT2D eigenvalue weighted by atomic mass is 16.5. The third kappa shape index (κ3) is 3.25. The molecule has 2 N–H and O–H groups in total. The molecule has 0 saturated carbocycles. The molecule has 2 aliphatic heterocycles. The smallest absolute Gasteiger partial charge is 0.249 e. The van der Waals surface area contributed by atoms with Crippen LogP contribution in [0.25, 0.3) is 5.57 Å². The molecule has 4 rings (SSSR count). The molecule has 134 valence electrons. The monoisotopic (exact) mass is 340 g/mol. The number of allylic oxidation sites excluding steroid dienone is 1. The van der Waals surface area contributed by atoms with Gasteiger partial charge in [0.1, 0.15) is 0 Å². The fourth-order valence-electron chi connectivity index (χ4n) is 4.78. The fraction of sp³-hybridized carbons (Fsp3) is 0.571. The first-order valence-electron chi connectivity index (χ1n) is 9.61. The van der Waals surface area contributed by atoms with E-state index in [2.05, 4.69) is 23.1 Å². The van der Waals surface area contributed by atoms with Crippen molar-refractivity contribution in [2.45, 2.75) is 37.5 Å². The van der Waals surface area contributed by atoms with Gasteiger partial charge < -0.3 is 15.4 Å². The zero-order valence-electron chi connectivity index (χ0n) is 14.9. The SMILES string of the molecule is NC(=O)C1=CC2(CCN(CCC3CCOCC3)CC2)c2ccccc21. The van der Waals surface area contributed by atoms with Crippen LogP contribution in [0.15, 0.2) is 30.3 Å². The van der Waals surface area contributed by atoms with Crippen LogP contribution < -0.4 is 5.73 Å². The number of amides is 1. The first-order valence-corrected chi connectivity index (χ1v) is 9.61. The fourth-order valence-corrected chi connectivity index (χ4v) is 4.78. The Hall–Kier alpha value is -1.65. The molecular weight excluding hydrogens is 312 g/mol. The number of likely N-dealkylation sites (tertiary alicyclic amines) is 1. The summed E-state index contributed by atoms with van der Waals surface area (Å²) >= 11 is 0. The van der Waals surface area contributed by atoms with Crippen molar-refractivity contribution in [1.82, 2.24) is 4.90 Å². The lowest BCUT2D eigenvalue weighted by atomic mass is 9.74. The van der Waals surface area contributed by atoms with E-state index in [1.807, 2.05) is 12.1 Å². The number of carbonyl (C=O) groups is 1. The molecule has 25 heavy (non-hydrogen) atoms. The molecule has 0 aromatic heterocycles. The van der Waals surface area contributed by atoms with Crippen LogP contribution in [-0.2, 0) is 14.9 Å². The second-order valence-electron chi connectivity index (χ2n) is 7.81. The van der Waals surface area contributed by atoms with Crippen molar-refractivity contribution in [2.24, 2.45) is 11.7 Å². The molecule has 4 nitrogen and oxygen atoms in total. The maximum Gasteiger partial charge on any atom is 0.249 e. The molecule has 1 spiro atoms. The number of carbonyl (C=O) groups excluding carboxylic acids is 1. The van der Waals surface area contributed by atoms with Gasteiger partial charge in [-0.25, -0.2) is 0 Å². The van der Waals surface area contributed by atoms with Crippen LogP contribution in [0.3, 0.4) is 0 Å². The first-order chi connectivity index (χ1) is 12.2. The summed E-state index contributed by atoms with van der Waals surface area (Å²) in [6.45, 7) is 5.26. The first kappa shape index (κ1) is 16.8. The highest BCUT2D eigenvalue weighted by Crippen LogP contribution is 2.46. The molecule has 1 aromatic carbocycles. The second-order valence-corrected chi connectivity index (χ2v) is 7.81. The number of hydrogen-bond donors (Lipinski definition) is 1. The van der Waals surface area contributed by atoms with Crippen molar-refractivity contribution < 1.29 is 9.53 Å². The zero-order valence-corrected chi connectivity index (χ0v) is 14.9. The van der Waals surface area contributed by atoms with Crippen molar-refractivity contribution in [3.8, 4) is 0 Å². The molecule has 0 bridgehead atoms. The number of piperidine rings is 1. The summed E-state index contributed by atoms with van der Waals surface area (Å²) in [5, 5.41) is 0. The Morgan fingerprint density at radius 2 is 1.92 bits per heavy atom. The minimum Gasteiger partial charge on any atom is -0.381 e. The van der Waals surface area contributed by atoms with Gasteiger partial charge in [-0.3, -0.25) is 4.79 Å². The van der Waals surface area contributed by atoms with Crippen LogP contribution >= 0.6 is 0 Å². The quantitative estimate of drug-likeness (QED) is 0.917. The van der Waals surface area contributed by atoms with Crippen molar-refractivity contribution in [3.63, 3.8) is 0 Å². The summed E-state index contributed by atoms with van der Waals surface area (Å²) in [6, 6.07) is 8.30. The van der Waals surface area contributed by atoms with Gasteiger partial charge in [-0.15, -0.1) is 0 Å². The van der Waals surface area contributed by atoms with Gasteiger partial charge in [-0.1, -0.05) is 30.3 Å². The normalized spacial score (nSPS) is 23.4. The summed E-state index contributed by atoms with van der Waals surface area (Å²) in [7, 11) is 0. The van der Waals surface area contributed by atoms with Gasteiger partial charge in [0.05, 0.1) is 0 Å². The summed E-state index contributed by atoms with van der Waals surface area (Å²) in [5.74, 6) is 0.532. The van der Waals surface area contributed by atoms with E-state index in [0.29, 0.717) is 5.57 Å². The minimum atomic E-state index is -0.300. The molecule has 1 aromatic rings. The van der Waals surface area contributed by atoms with E-state index in [-0.39, 0.29) is 11.3 Å². The Morgan fingerprint density at radius 3 is 2.64 bits per heavy atom. The van der Waals surface area contributed by atoms with E-state index < -0.39 is 0 Å². The van der Waals surface area contributed by atoms with Crippen LogP contribution in [0, 0.1) is 5.92 Å². The van der Waals surface area contributed by atoms with Gasteiger partial charge >= 0.3 is 0 Å². The molecule has 3 aliphatic rings. The summed E-state index contributed by atoms with van der Waals surface area (Å²) in [5.41, 5.74) is 8.70. The Balaban J connectivity index is 1.41. The van der Waals surface area contributed by atoms with Crippen molar-refractivity contribution in [3.05, 3.63) is 41.5 Å². The number of nitrogens with zero attached hydrogens (tertiary/aromatic N) is 1. The average molecular weight is 340 g/mol. The van der Waals surface area contributed by atoms with Crippen LogP contribution in [0.1, 0.15) is 43.2 Å². The number of fused-ring (bicyclic) bond motifs is 2. The van der Waals surface area contributed by atoms with E-state index in [0.717, 1.165) is 50.6 Å². The molecule has 1 amide bonds. The third-order valence-electron chi connectivity index (χ3n) is 6.38. The van der Waals surface area contributed by atoms with Crippen LogP contribution in [0.5, 0.6) is 0 Å². The van der Waals surface area contributed by atoms with Crippen LogP contribution in [0.4, 0.5) is 0 Å². The lowest BCUT2D eigenvalue weighted by molar-refractivity contribution is -0.112. The molecule has 4 heteroatoms. The molecule has 0 radical (unpaired) electrons. The molecule has 2 saturated heterocycles. The average Bonchev–Trinajstić information content (AvgIpc) is 2.97. The van der Waals surface area contributed by atoms with E-state index in [4.69, 9.17) is 10.5 Å². The Bertz CT molecular complexity index is 668. The van der Waals surface area contributed by atoms with Gasteiger partial charge in [0.15, 0.2) is 0 Å². The van der Waals surface area contributed by atoms with Crippen molar-refractivity contribution >= 4 is 11.5 Å². The Kier molecular flexibility index (Phi) is 4.65. The zero-order chi connectivity index (χ0) is 17.3. The number of rotatable bonds is 4. The maximum absolute atomic E-state index is 11.9. The number of hydrogen-bond acceptors (Lipinski definition) is 3. The second kappa shape index (κ2) is 6.93. The molecule has 1 aliphatic carbocycles. The van der Waals surface area contributed by atoms with Gasteiger partial charge in [0, 0.05) is 24.2 Å². The summed E-state index contributed by atoms with van der Waals surface area (Å²) in [4.78, 5) is 14.5. The van der Waals surface area contributed by atoms with Gasteiger partial charge in [-0.05, 0) is 68.8 Å². The predicted molar refractivity (Wildman–Crippen MR) is 99.1 cm³/mol. The number of ether oxygens (including phenoxy) is 1. The van der Waals surface area contributed by atoms with Crippen molar-refractivity contribution in [1.29, 1.82) is 0 Å². The topological polar surface area (TPSA) is 55.6 Å². The third-order valence-corrected chi connectivity index (χ3v) is 6.38. The van der Waals surface area contributed by atoms with E-state index in [1.54, 1.807) is 0 Å².